The third-order valence-corrected chi connectivity index (χ3v) is 3.98. The lowest BCUT2D eigenvalue weighted by molar-refractivity contribution is 0.198. The van der Waals surface area contributed by atoms with Gasteiger partial charge >= 0.3 is 0 Å². The van der Waals surface area contributed by atoms with Gasteiger partial charge in [-0.05, 0) is 29.9 Å². The minimum Gasteiger partial charge on any atom is -0.497 e. The van der Waals surface area contributed by atoms with Crippen LogP contribution in [0, 0.1) is 5.92 Å². The molecule has 102 valence electrons. The zero-order valence-corrected chi connectivity index (χ0v) is 12.3. The van der Waals surface area contributed by atoms with Gasteiger partial charge in [0.1, 0.15) is 11.5 Å². The predicted octanol–water partition coefficient (Wildman–Crippen LogP) is 3.13. The first-order valence-electron chi connectivity index (χ1n) is 6.06. The van der Waals surface area contributed by atoms with Gasteiger partial charge < -0.3 is 14.6 Å². The van der Waals surface area contributed by atoms with Gasteiger partial charge in [-0.1, -0.05) is 13.8 Å². The van der Waals surface area contributed by atoms with Crippen LogP contribution in [0.25, 0.3) is 0 Å². The fourth-order valence-electron chi connectivity index (χ4n) is 1.60. The van der Waals surface area contributed by atoms with E-state index in [-0.39, 0.29) is 0 Å². The number of rotatable bonds is 7. The van der Waals surface area contributed by atoms with E-state index in [9.17, 15) is 5.11 Å². The summed E-state index contributed by atoms with van der Waals surface area (Å²) in [6, 6.07) is 5.49. The van der Waals surface area contributed by atoms with E-state index >= 15 is 0 Å². The molecule has 1 unspecified atom stereocenters. The number of aliphatic hydroxyl groups is 1. The minimum absolute atomic E-state index is 0.529. The van der Waals surface area contributed by atoms with E-state index < -0.39 is 6.10 Å². The van der Waals surface area contributed by atoms with Crippen molar-refractivity contribution in [2.75, 3.05) is 25.7 Å². The van der Waals surface area contributed by atoms with E-state index in [1.54, 1.807) is 26.0 Å². The highest BCUT2D eigenvalue weighted by atomic mass is 32.2. The smallest absolute Gasteiger partial charge is 0.124 e. The fourth-order valence-corrected chi connectivity index (χ4v) is 2.62. The van der Waals surface area contributed by atoms with E-state index in [0.717, 1.165) is 17.1 Å². The van der Waals surface area contributed by atoms with Crippen LogP contribution in [0.2, 0.25) is 0 Å². The Morgan fingerprint density at radius 2 is 1.89 bits per heavy atom. The highest BCUT2D eigenvalue weighted by Crippen LogP contribution is 2.31. The summed E-state index contributed by atoms with van der Waals surface area (Å²) in [4.78, 5) is 0. The summed E-state index contributed by atoms with van der Waals surface area (Å²) in [6.07, 6.45) is -0.529. The maximum absolute atomic E-state index is 10.2. The summed E-state index contributed by atoms with van der Waals surface area (Å²) in [6.45, 7) is 4.34. The first kappa shape index (κ1) is 15.2. The molecule has 0 aliphatic rings. The number of aliphatic hydroxyl groups excluding tert-OH is 1. The Morgan fingerprint density at radius 1 is 1.17 bits per heavy atom. The SMILES string of the molecule is COc1ccc(OC)c(C(O)CSCC(C)C)c1. The Hall–Kier alpha value is -0.870. The number of hydrogen-bond donors (Lipinski definition) is 1. The summed E-state index contributed by atoms with van der Waals surface area (Å²) < 4.78 is 10.4. The van der Waals surface area contributed by atoms with Crippen LogP contribution in [0.3, 0.4) is 0 Å². The minimum atomic E-state index is -0.529. The molecule has 0 fully saturated rings. The second-order valence-corrected chi connectivity index (χ2v) is 5.63. The van der Waals surface area contributed by atoms with Crippen molar-refractivity contribution in [1.82, 2.24) is 0 Å². The molecule has 0 heterocycles. The second kappa shape index (κ2) is 7.54. The van der Waals surface area contributed by atoms with Crippen molar-refractivity contribution in [3.05, 3.63) is 23.8 Å². The van der Waals surface area contributed by atoms with Crippen LogP contribution in [0.4, 0.5) is 0 Å². The van der Waals surface area contributed by atoms with Crippen molar-refractivity contribution in [2.45, 2.75) is 20.0 Å². The van der Waals surface area contributed by atoms with Gasteiger partial charge in [0.05, 0.1) is 20.3 Å². The van der Waals surface area contributed by atoms with E-state index in [2.05, 4.69) is 13.8 Å². The molecule has 1 N–H and O–H groups in total. The maximum atomic E-state index is 10.2. The fraction of sp³-hybridized carbons (Fsp3) is 0.571. The molecule has 0 saturated carbocycles. The van der Waals surface area contributed by atoms with Crippen LogP contribution in [0.5, 0.6) is 11.5 Å². The zero-order chi connectivity index (χ0) is 13.5. The summed E-state index contributed by atoms with van der Waals surface area (Å²) in [5.74, 6) is 3.78. The Morgan fingerprint density at radius 3 is 2.44 bits per heavy atom. The standard InChI is InChI=1S/C14H22O3S/c1-10(2)8-18-9-13(15)12-7-11(16-3)5-6-14(12)17-4/h5-7,10,13,15H,8-9H2,1-4H3. The average molecular weight is 270 g/mol. The van der Waals surface area contributed by atoms with E-state index in [1.165, 1.54) is 0 Å². The first-order valence-corrected chi connectivity index (χ1v) is 7.21. The molecule has 0 aliphatic carbocycles. The molecule has 0 saturated heterocycles. The predicted molar refractivity (Wildman–Crippen MR) is 76.7 cm³/mol. The van der Waals surface area contributed by atoms with Gasteiger partial charge in [-0.15, -0.1) is 0 Å². The molecular formula is C14H22O3S. The molecule has 1 aromatic rings. The van der Waals surface area contributed by atoms with Crippen molar-refractivity contribution < 1.29 is 14.6 Å². The zero-order valence-electron chi connectivity index (χ0n) is 11.5. The molecule has 0 aliphatic heterocycles. The van der Waals surface area contributed by atoms with Crippen molar-refractivity contribution in [3.8, 4) is 11.5 Å². The Bertz CT molecular complexity index is 366. The van der Waals surface area contributed by atoms with Gasteiger partial charge in [0, 0.05) is 11.3 Å². The summed E-state index contributed by atoms with van der Waals surface area (Å²) in [7, 11) is 3.23. The number of hydrogen-bond acceptors (Lipinski definition) is 4. The summed E-state index contributed by atoms with van der Waals surface area (Å²) in [5, 5.41) is 10.2. The first-order chi connectivity index (χ1) is 8.58. The van der Waals surface area contributed by atoms with E-state index in [0.29, 0.717) is 17.4 Å². The quantitative estimate of drug-likeness (QED) is 0.826. The molecule has 18 heavy (non-hydrogen) atoms. The van der Waals surface area contributed by atoms with Gasteiger partial charge in [0.15, 0.2) is 0 Å². The molecular weight excluding hydrogens is 248 g/mol. The molecule has 0 bridgehead atoms. The van der Waals surface area contributed by atoms with Crippen LogP contribution < -0.4 is 9.47 Å². The molecule has 4 heteroatoms. The molecule has 1 aromatic carbocycles. The molecule has 0 aromatic heterocycles. The third-order valence-electron chi connectivity index (χ3n) is 2.52. The van der Waals surface area contributed by atoms with Crippen LogP contribution in [0.15, 0.2) is 18.2 Å². The lowest BCUT2D eigenvalue weighted by Gasteiger charge is -2.16. The third kappa shape index (κ3) is 4.42. The average Bonchev–Trinajstić information content (AvgIpc) is 2.37. The Labute approximate surface area is 113 Å². The number of benzene rings is 1. The van der Waals surface area contributed by atoms with Crippen LogP contribution in [0.1, 0.15) is 25.5 Å². The van der Waals surface area contributed by atoms with Crippen LogP contribution >= 0.6 is 11.8 Å². The van der Waals surface area contributed by atoms with Gasteiger partial charge in [-0.25, -0.2) is 0 Å². The lowest BCUT2D eigenvalue weighted by atomic mass is 10.1. The summed E-state index contributed by atoms with van der Waals surface area (Å²) >= 11 is 1.75. The number of thioether (sulfide) groups is 1. The highest BCUT2D eigenvalue weighted by Gasteiger charge is 2.14. The van der Waals surface area contributed by atoms with E-state index in [1.807, 2.05) is 18.2 Å². The van der Waals surface area contributed by atoms with Crippen molar-refractivity contribution in [1.29, 1.82) is 0 Å². The molecule has 1 atom stereocenters. The molecule has 1 rings (SSSR count). The van der Waals surface area contributed by atoms with Gasteiger partial charge in [-0.2, -0.15) is 11.8 Å². The van der Waals surface area contributed by atoms with Crippen LogP contribution in [-0.4, -0.2) is 30.8 Å². The van der Waals surface area contributed by atoms with Crippen molar-refractivity contribution in [3.63, 3.8) is 0 Å². The monoisotopic (exact) mass is 270 g/mol. The second-order valence-electron chi connectivity index (χ2n) is 4.55. The van der Waals surface area contributed by atoms with Crippen molar-refractivity contribution in [2.24, 2.45) is 5.92 Å². The van der Waals surface area contributed by atoms with Crippen LogP contribution in [-0.2, 0) is 0 Å². The molecule has 3 nitrogen and oxygen atoms in total. The van der Waals surface area contributed by atoms with Gasteiger partial charge in [0.2, 0.25) is 0 Å². The molecule has 0 amide bonds. The largest absolute Gasteiger partial charge is 0.497 e. The molecule has 0 radical (unpaired) electrons. The van der Waals surface area contributed by atoms with Crippen molar-refractivity contribution >= 4 is 11.8 Å². The summed E-state index contributed by atoms with van der Waals surface area (Å²) in [5.41, 5.74) is 0.785. The maximum Gasteiger partial charge on any atom is 0.124 e. The normalized spacial score (nSPS) is 12.6. The topological polar surface area (TPSA) is 38.7 Å². The van der Waals surface area contributed by atoms with E-state index in [4.69, 9.17) is 9.47 Å². The Kier molecular flexibility index (Phi) is 6.36. The number of ether oxygens (including phenoxy) is 2. The lowest BCUT2D eigenvalue weighted by Crippen LogP contribution is -2.05. The highest BCUT2D eigenvalue weighted by molar-refractivity contribution is 7.99. The number of methoxy groups -OCH3 is 2. The van der Waals surface area contributed by atoms with Gasteiger partial charge in [0.25, 0.3) is 0 Å². The van der Waals surface area contributed by atoms with Gasteiger partial charge in [-0.3, -0.25) is 0 Å². The molecule has 0 spiro atoms. The Balaban J connectivity index is 2.72.